The van der Waals surface area contributed by atoms with Crippen LogP contribution in [0.3, 0.4) is 0 Å². The van der Waals surface area contributed by atoms with Gasteiger partial charge in [-0.15, -0.1) is 0 Å². The SMILES string of the molecule is C/C=C(/OCCCCCCCC)O[SiH2]C(OC)OC. The average Bonchev–Trinajstić information content (AvgIpc) is 2.45. The van der Waals surface area contributed by atoms with Crippen molar-refractivity contribution in [1.82, 2.24) is 0 Å². The van der Waals surface area contributed by atoms with E-state index >= 15 is 0 Å². The third kappa shape index (κ3) is 11.0. The zero-order chi connectivity index (χ0) is 14.3. The largest absolute Gasteiger partial charge is 0.519 e. The maximum Gasteiger partial charge on any atom is 0.282 e. The summed E-state index contributed by atoms with van der Waals surface area (Å²) < 4.78 is 21.4. The van der Waals surface area contributed by atoms with E-state index in [0.717, 1.165) is 13.0 Å². The molecule has 0 spiro atoms. The molecule has 114 valence electrons. The Kier molecular flexibility index (Phi) is 13.5. The van der Waals surface area contributed by atoms with Crippen LogP contribution in [0.1, 0.15) is 52.4 Å². The predicted octanol–water partition coefficient (Wildman–Crippen LogP) is 2.90. The van der Waals surface area contributed by atoms with Gasteiger partial charge in [-0.2, -0.15) is 0 Å². The van der Waals surface area contributed by atoms with E-state index in [4.69, 9.17) is 18.6 Å². The lowest BCUT2D eigenvalue weighted by molar-refractivity contribution is -0.0544. The molecule has 0 radical (unpaired) electrons. The van der Waals surface area contributed by atoms with Crippen LogP contribution in [0.5, 0.6) is 0 Å². The summed E-state index contributed by atoms with van der Waals surface area (Å²) in [5.41, 5.74) is 0. The third-order valence-electron chi connectivity index (χ3n) is 2.87. The lowest BCUT2D eigenvalue weighted by Crippen LogP contribution is -2.24. The first kappa shape index (κ1) is 18.5. The minimum absolute atomic E-state index is 0.215. The number of allylic oxidation sites excluding steroid dienone is 1. The van der Waals surface area contributed by atoms with E-state index in [0.29, 0.717) is 5.95 Å². The zero-order valence-electron chi connectivity index (χ0n) is 12.9. The van der Waals surface area contributed by atoms with Crippen molar-refractivity contribution in [3.8, 4) is 0 Å². The summed E-state index contributed by atoms with van der Waals surface area (Å²) in [5.74, 6) is 0.395. The van der Waals surface area contributed by atoms with E-state index in [2.05, 4.69) is 6.92 Å². The van der Waals surface area contributed by atoms with Gasteiger partial charge >= 0.3 is 0 Å². The minimum Gasteiger partial charge on any atom is -0.519 e. The van der Waals surface area contributed by atoms with E-state index in [-0.39, 0.29) is 5.91 Å². The smallest absolute Gasteiger partial charge is 0.282 e. The standard InChI is InChI=1S/C14H30O4Si/c1-5-7-8-9-10-11-12-17-13(6-2)18-19-14(15-3)16-4/h6,14H,5,7-12,19H2,1-4H3/b13-6-. The first-order valence-corrected chi connectivity index (χ1v) is 8.65. The van der Waals surface area contributed by atoms with Crippen LogP contribution in [0.4, 0.5) is 0 Å². The van der Waals surface area contributed by atoms with Crippen molar-refractivity contribution in [3.05, 3.63) is 12.0 Å². The molecule has 5 heteroatoms. The number of methoxy groups -OCH3 is 2. The summed E-state index contributed by atoms with van der Waals surface area (Å²) in [6, 6.07) is 0. The second kappa shape index (κ2) is 13.9. The highest BCUT2D eigenvalue weighted by Crippen LogP contribution is 2.07. The third-order valence-corrected chi connectivity index (χ3v) is 4.26. The van der Waals surface area contributed by atoms with Crippen LogP contribution < -0.4 is 0 Å². The average molecular weight is 290 g/mol. The fourth-order valence-electron chi connectivity index (χ4n) is 1.65. The van der Waals surface area contributed by atoms with Crippen molar-refractivity contribution in [2.45, 2.75) is 58.3 Å². The molecule has 0 saturated heterocycles. The number of hydrogen-bond donors (Lipinski definition) is 0. The Morgan fingerprint density at radius 3 is 2.26 bits per heavy atom. The molecule has 4 nitrogen and oxygen atoms in total. The number of hydrogen-bond acceptors (Lipinski definition) is 4. The van der Waals surface area contributed by atoms with Crippen molar-refractivity contribution in [2.75, 3.05) is 20.8 Å². The summed E-state index contributed by atoms with van der Waals surface area (Å²) in [6.45, 7) is 4.88. The molecule has 0 aromatic rings. The van der Waals surface area contributed by atoms with Gasteiger partial charge in [0.2, 0.25) is 0 Å². The summed E-state index contributed by atoms with van der Waals surface area (Å²) in [6.07, 6.45) is 9.43. The van der Waals surface area contributed by atoms with Crippen LogP contribution in [0.15, 0.2) is 12.0 Å². The van der Waals surface area contributed by atoms with Gasteiger partial charge in [0.05, 0.1) is 6.61 Å². The fraction of sp³-hybridized carbons (Fsp3) is 0.857. The van der Waals surface area contributed by atoms with Gasteiger partial charge in [0.1, 0.15) is 0 Å². The lowest BCUT2D eigenvalue weighted by atomic mass is 10.1. The number of ether oxygens (including phenoxy) is 3. The van der Waals surface area contributed by atoms with E-state index in [1.54, 1.807) is 14.2 Å². The van der Waals surface area contributed by atoms with Gasteiger partial charge in [0.15, 0.2) is 5.91 Å². The molecule has 0 saturated carbocycles. The topological polar surface area (TPSA) is 36.9 Å². The molecular weight excluding hydrogens is 260 g/mol. The number of unbranched alkanes of at least 4 members (excludes halogenated alkanes) is 5. The molecule has 0 rings (SSSR count). The maximum absolute atomic E-state index is 5.61. The Bertz CT molecular complexity index is 217. The molecule has 0 amide bonds. The molecule has 0 atom stereocenters. The minimum atomic E-state index is -0.922. The molecule has 0 heterocycles. The number of rotatable bonds is 13. The van der Waals surface area contributed by atoms with Crippen molar-refractivity contribution < 1.29 is 18.6 Å². The fourth-order valence-corrected chi connectivity index (χ4v) is 2.47. The van der Waals surface area contributed by atoms with E-state index in [1.807, 2.05) is 13.0 Å². The monoisotopic (exact) mass is 290 g/mol. The van der Waals surface area contributed by atoms with Gasteiger partial charge < -0.3 is 18.6 Å². The summed E-state index contributed by atoms with van der Waals surface area (Å²) in [4.78, 5) is 0. The summed E-state index contributed by atoms with van der Waals surface area (Å²) in [7, 11) is 2.32. The Balaban J connectivity index is 3.55. The molecule has 0 aromatic carbocycles. The summed E-state index contributed by atoms with van der Waals surface area (Å²) in [5, 5.41) is 0. The van der Waals surface area contributed by atoms with Crippen LogP contribution in [-0.4, -0.2) is 36.5 Å². The van der Waals surface area contributed by atoms with Crippen LogP contribution in [-0.2, 0) is 18.6 Å². The van der Waals surface area contributed by atoms with Crippen LogP contribution in [0.25, 0.3) is 0 Å². The van der Waals surface area contributed by atoms with Crippen molar-refractivity contribution in [3.63, 3.8) is 0 Å². The zero-order valence-corrected chi connectivity index (χ0v) is 14.4. The molecule has 0 N–H and O–H groups in total. The van der Waals surface area contributed by atoms with Gasteiger partial charge in [0, 0.05) is 14.2 Å². The molecule has 0 fully saturated rings. The first-order valence-electron chi connectivity index (χ1n) is 7.25. The van der Waals surface area contributed by atoms with E-state index in [1.165, 1.54) is 32.1 Å². The Labute approximate surface area is 120 Å². The normalized spacial score (nSPS) is 12.6. The Morgan fingerprint density at radius 2 is 1.68 bits per heavy atom. The van der Waals surface area contributed by atoms with Gasteiger partial charge in [-0.3, -0.25) is 0 Å². The van der Waals surface area contributed by atoms with Crippen molar-refractivity contribution in [2.24, 2.45) is 0 Å². The van der Waals surface area contributed by atoms with E-state index < -0.39 is 9.76 Å². The molecule has 19 heavy (non-hydrogen) atoms. The quantitative estimate of drug-likeness (QED) is 0.226. The molecule has 0 aliphatic heterocycles. The first-order chi connectivity index (χ1) is 9.28. The van der Waals surface area contributed by atoms with Gasteiger partial charge in [-0.25, -0.2) is 0 Å². The highest BCUT2D eigenvalue weighted by Gasteiger charge is 2.09. The highest BCUT2D eigenvalue weighted by molar-refractivity contribution is 6.28. The highest BCUT2D eigenvalue weighted by atomic mass is 28.2. The Morgan fingerprint density at radius 1 is 1.05 bits per heavy atom. The molecule has 0 bridgehead atoms. The van der Waals surface area contributed by atoms with Crippen LogP contribution in [0.2, 0.25) is 0 Å². The molecule has 0 aromatic heterocycles. The molecule has 0 unspecified atom stereocenters. The molecular formula is C14H30O4Si. The van der Waals surface area contributed by atoms with Crippen molar-refractivity contribution in [1.29, 1.82) is 0 Å². The molecule has 0 aliphatic rings. The van der Waals surface area contributed by atoms with Gasteiger partial charge in [0.25, 0.3) is 15.7 Å². The van der Waals surface area contributed by atoms with Crippen LogP contribution in [0, 0.1) is 0 Å². The summed E-state index contributed by atoms with van der Waals surface area (Å²) >= 11 is 0. The Hall–Kier alpha value is -0.523. The van der Waals surface area contributed by atoms with Gasteiger partial charge in [-0.05, 0) is 19.4 Å². The maximum atomic E-state index is 5.61. The van der Waals surface area contributed by atoms with E-state index in [9.17, 15) is 0 Å². The van der Waals surface area contributed by atoms with Crippen LogP contribution >= 0.6 is 0 Å². The molecule has 0 aliphatic carbocycles. The van der Waals surface area contributed by atoms with Gasteiger partial charge in [-0.1, -0.05) is 39.0 Å². The predicted molar refractivity (Wildman–Crippen MR) is 80.5 cm³/mol. The van der Waals surface area contributed by atoms with Crippen molar-refractivity contribution >= 4 is 9.76 Å². The second-order valence-corrected chi connectivity index (χ2v) is 5.72. The lowest BCUT2D eigenvalue weighted by Gasteiger charge is -2.16. The second-order valence-electron chi connectivity index (χ2n) is 4.44.